The highest BCUT2D eigenvalue weighted by Crippen LogP contribution is 2.59. The molecule has 2 saturated carbocycles. The number of thioether (sulfide) groups is 1. The standard InChI is InChI=1S/C26H34FN5S/c1-5-28-18(3)23(19-8-9-19)24-29-30-25(31(24)4)33-12-6-11-32-15-20-14-26(20,16-32)21-10-7-17(2)13-22(21)27/h5,7,10,13,19-20H,6,8-9,11-12,14-16H2,1-4H3/b23-18+,28-5?/t20-,26-/m1/s1. The zero-order valence-corrected chi connectivity index (χ0v) is 21.0. The van der Waals surface area contributed by atoms with Crippen LogP contribution in [-0.2, 0) is 12.5 Å². The van der Waals surface area contributed by atoms with Crippen molar-refractivity contribution in [3.05, 3.63) is 46.7 Å². The van der Waals surface area contributed by atoms with Gasteiger partial charge < -0.3 is 9.47 Å². The minimum atomic E-state index is -0.0209. The lowest BCUT2D eigenvalue weighted by molar-refractivity contribution is 0.298. The Hall–Kier alpha value is -1.99. The first-order valence-corrected chi connectivity index (χ1v) is 13.1. The van der Waals surface area contributed by atoms with Crippen molar-refractivity contribution < 1.29 is 4.39 Å². The van der Waals surface area contributed by atoms with E-state index in [9.17, 15) is 4.39 Å². The molecule has 0 unspecified atom stereocenters. The molecule has 176 valence electrons. The first-order valence-electron chi connectivity index (χ1n) is 12.1. The zero-order chi connectivity index (χ0) is 23.2. The van der Waals surface area contributed by atoms with Crippen LogP contribution in [0.25, 0.3) is 5.57 Å². The average molecular weight is 468 g/mol. The molecular weight excluding hydrogens is 433 g/mol. The number of rotatable bonds is 9. The second-order valence-electron chi connectivity index (χ2n) is 10.0. The average Bonchev–Trinajstić information content (AvgIpc) is 3.67. The van der Waals surface area contributed by atoms with E-state index in [0.717, 1.165) is 66.0 Å². The smallest absolute Gasteiger partial charge is 0.191 e. The summed E-state index contributed by atoms with van der Waals surface area (Å²) in [5.74, 6) is 3.14. The van der Waals surface area contributed by atoms with Gasteiger partial charge in [0.25, 0.3) is 0 Å². The van der Waals surface area contributed by atoms with Crippen molar-refractivity contribution in [2.24, 2.45) is 23.9 Å². The Labute approximate surface area is 200 Å². The summed E-state index contributed by atoms with van der Waals surface area (Å²) in [7, 11) is 2.07. The van der Waals surface area contributed by atoms with Gasteiger partial charge in [0.15, 0.2) is 11.0 Å². The van der Waals surface area contributed by atoms with Crippen molar-refractivity contribution in [3.63, 3.8) is 0 Å². The van der Waals surface area contributed by atoms with Crippen LogP contribution >= 0.6 is 11.8 Å². The molecule has 2 aromatic rings. The molecule has 0 N–H and O–H groups in total. The minimum Gasteiger partial charge on any atom is -0.305 e. The maximum atomic E-state index is 14.6. The molecule has 33 heavy (non-hydrogen) atoms. The number of fused-ring (bicyclic) bond motifs is 1. The molecule has 2 heterocycles. The van der Waals surface area contributed by atoms with E-state index in [0.29, 0.717) is 11.8 Å². The van der Waals surface area contributed by atoms with Gasteiger partial charge in [-0.2, -0.15) is 0 Å². The number of allylic oxidation sites excluding steroid dienone is 2. The third kappa shape index (κ3) is 4.42. The summed E-state index contributed by atoms with van der Waals surface area (Å²) >= 11 is 1.78. The van der Waals surface area contributed by atoms with Crippen LogP contribution in [0, 0.1) is 24.6 Å². The van der Waals surface area contributed by atoms with Gasteiger partial charge in [0.2, 0.25) is 0 Å². The van der Waals surface area contributed by atoms with Crippen molar-refractivity contribution in [3.8, 4) is 0 Å². The van der Waals surface area contributed by atoms with Gasteiger partial charge in [-0.3, -0.25) is 4.99 Å². The Morgan fingerprint density at radius 3 is 2.88 bits per heavy atom. The fourth-order valence-electron chi connectivity index (χ4n) is 5.60. The molecule has 1 saturated heterocycles. The normalized spacial score (nSPS) is 25.5. The topological polar surface area (TPSA) is 46.3 Å². The first kappa shape index (κ1) is 22.8. The highest BCUT2D eigenvalue weighted by molar-refractivity contribution is 7.99. The van der Waals surface area contributed by atoms with Crippen LogP contribution in [0.5, 0.6) is 0 Å². The summed E-state index contributed by atoms with van der Waals surface area (Å²) in [6, 6.07) is 5.76. The lowest BCUT2D eigenvalue weighted by Gasteiger charge is -2.21. The molecule has 5 nitrogen and oxygen atoms in total. The molecule has 0 spiro atoms. The molecule has 2 aliphatic carbocycles. The molecule has 2 atom stereocenters. The summed E-state index contributed by atoms with van der Waals surface area (Å²) in [5.41, 5.74) is 4.30. The summed E-state index contributed by atoms with van der Waals surface area (Å²) < 4.78 is 16.7. The third-order valence-corrected chi connectivity index (χ3v) is 8.61. The highest BCUT2D eigenvalue weighted by atomic mass is 32.2. The Balaban J connectivity index is 1.15. The quantitative estimate of drug-likeness (QED) is 0.287. The van der Waals surface area contributed by atoms with Crippen LogP contribution in [0.15, 0.2) is 34.0 Å². The van der Waals surface area contributed by atoms with Crippen LogP contribution in [-0.4, -0.2) is 51.3 Å². The molecule has 3 fully saturated rings. The highest BCUT2D eigenvalue weighted by Gasteiger charge is 2.61. The van der Waals surface area contributed by atoms with Crippen molar-refractivity contribution >= 4 is 23.5 Å². The number of aromatic nitrogens is 3. The SMILES string of the molecule is CC=N/C(C)=C(/c1nnc(SCCCN2C[C@H]3C[C@@]3(c3ccc(C)cc3F)C2)n1C)C1CC1. The Bertz CT molecular complexity index is 1100. The van der Waals surface area contributed by atoms with Crippen molar-refractivity contribution in [2.45, 2.75) is 57.0 Å². The number of benzene rings is 1. The van der Waals surface area contributed by atoms with Gasteiger partial charge in [0.05, 0.1) is 0 Å². The second-order valence-corrected chi connectivity index (χ2v) is 11.1. The van der Waals surface area contributed by atoms with Gasteiger partial charge in [-0.15, -0.1) is 10.2 Å². The molecule has 0 amide bonds. The summed E-state index contributed by atoms with van der Waals surface area (Å²) in [6.45, 7) is 9.12. The zero-order valence-electron chi connectivity index (χ0n) is 20.1. The van der Waals surface area contributed by atoms with E-state index in [1.165, 1.54) is 18.4 Å². The van der Waals surface area contributed by atoms with E-state index in [4.69, 9.17) is 0 Å². The van der Waals surface area contributed by atoms with Crippen molar-refractivity contribution in [1.29, 1.82) is 0 Å². The summed E-state index contributed by atoms with van der Waals surface area (Å²) in [5, 5.41) is 9.98. The maximum absolute atomic E-state index is 14.6. The largest absolute Gasteiger partial charge is 0.305 e. The third-order valence-electron chi connectivity index (χ3n) is 7.50. The van der Waals surface area contributed by atoms with Crippen LogP contribution in [0.4, 0.5) is 4.39 Å². The van der Waals surface area contributed by atoms with E-state index < -0.39 is 0 Å². The fourth-order valence-corrected chi connectivity index (χ4v) is 6.43. The number of aryl methyl sites for hydroxylation is 1. The molecule has 0 radical (unpaired) electrons. The van der Waals surface area contributed by atoms with Gasteiger partial charge in [-0.05, 0) is 82.0 Å². The monoisotopic (exact) mass is 467 g/mol. The second kappa shape index (κ2) is 8.99. The number of nitrogens with zero attached hydrogens (tertiary/aromatic N) is 5. The van der Waals surface area contributed by atoms with Crippen LogP contribution in [0.3, 0.4) is 0 Å². The Kier molecular flexibility index (Phi) is 6.21. The predicted octanol–water partition coefficient (Wildman–Crippen LogP) is 5.25. The molecule has 1 aromatic carbocycles. The number of hydrogen-bond donors (Lipinski definition) is 0. The van der Waals surface area contributed by atoms with Gasteiger partial charge in [0.1, 0.15) is 5.82 Å². The summed E-state index contributed by atoms with van der Waals surface area (Å²) in [4.78, 5) is 7.04. The lowest BCUT2D eigenvalue weighted by Crippen LogP contribution is -2.28. The predicted molar refractivity (Wildman–Crippen MR) is 133 cm³/mol. The van der Waals surface area contributed by atoms with E-state index in [1.54, 1.807) is 17.8 Å². The van der Waals surface area contributed by atoms with Crippen molar-refractivity contribution in [2.75, 3.05) is 25.4 Å². The van der Waals surface area contributed by atoms with Gasteiger partial charge in [-0.1, -0.05) is 23.9 Å². The number of aliphatic imine (C=N–C) groups is 1. The minimum absolute atomic E-state index is 0.0209. The molecule has 3 aliphatic rings. The molecule has 1 aliphatic heterocycles. The van der Waals surface area contributed by atoms with E-state index in [-0.39, 0.29) is 11.2 Å². The number of likely N-dealkylation sites (tertiary alicyclic amines) is 1. The van der Waals surface area contributed by atoms with Gasteiger partial charge in [-0.25, -0.2) is 4.39 Å². The number of piperidine rings is 1. The van der Waals surface area contributed by atoms with E-state index >= 15 is 0 Å². The summed E-state index contributed by atoms with van der Waals surface area (Å²) in [6.07, 6.45) is 6.51. The Morgan fingerprint density at radius 1 is 1.33 bits per heavy atom. The molecule has 0 bridgehead atoms. The molecule has 7 heteroatoms. The van der Waals surface area contributed by atoms with E-state index in [2.05, 4.69) is 44.7 Å². The van der Waals surface area contributed by atoms with Crippen LogP contribution in [0.1, 0.15) is 56.5 Å². The lowest BCUT2D eigenvalue weighted by atomic mass is 9.93. The van der Waals surface area contributed by atoms with Crippen molar-refractivity contribution in [1.82, 2.24) is 19.7 Å². The van der Waals surface area contributed by atoms with Crippen LogP contribution < -0.4 is 0 Å². The first-order chi connectivity index (χ1) is 15.9. The number of hydrogen-bond acceptors (Lipinski definition) is 5. The molecule has 5 rings (SSSR count). The number of halogens is 1. The van der Waals surface area contributed by atoms with E-state index in [1.807, 2.05) is 26.1 Å². The van der Waals surface area contributed by atoms with Gasteiger partial charge >= 0.3 is 0 Å². The maximum Gasteiger partial charge on any atom is 0.191 e. The molecule has 1 aromatic heterocycles. The molecular formula is C26H34FN5S. The van der Waals surface area contributed by atoms with Crippen LogP contribution in [0.2, 0.25) is 0 Å². The fraction of sp³-hybridized carbons (Fsp3) is 0.577. The van der Waals surface area contributed by atoms with Gasteiger partial charge in [0, 0.05) is 48.8 Å². The Morgan fingerprint density at radius 2 is 2.15 bits per heavy atom.